The highest BCUT2D eigenvalue weighted by molar-refractivity contribution is 7.99. The Labute approximate surface area is 172 Å². The molecule has 7 heteroatoms. The highest BCUT2D eigenvalue weighted by Crippen LogP contribution is 2.32. The van der Waals surface area contributed by atoms with E-state index >= 15 is 0 Å². The smallest absolute Gasteiger partial charge is 0.159 e. The third kappa shape index (κ3) is 3.51. The summed E-state index contributed by atoms with van der Waals surface area (Å²) in [6.45, 7) is 2.61. The number of benzene rings is 2. The van der Waals surface area contributed by atoms with Crippen LogP contribution in [0.15, 0.2) is 52.4 Å². The first-order valence-corrected chi connectivity index (χ1v) is 10.7. The molecule has 0 amide bonds. The van der Waals surface area contributed by atoms with E-state index in [1.54, 1.807) is 0 Å². The Morgan fingerprint density at radius 3 is 2.74 bits per heavy atom. The van der Waals surface area contributed by atoms with Crippen molar-refractivity contribution in [3.63, 3.8) is 0 Å². The number of hydrogen-bond donors (Lipinski definition) is 0. The van der Waals surface area contributed by atoms with Crippen LogP contribution in [0.5, 0.6) is 0 Å². The second-order valence-electron chi connectivity index (χ2n) is 6.17. The molecule has 2 heterocycles. The van der Waals surface area contributed by atoms with E-state index in [0.717, 1.165) is 46.3 Å². The number of thioether (sulfide) groups is 1. The van der Waals surface area contributed by atoms with Gasteiger partial charge in [0.2, 0.25) is 0 Å². The third-order valence-electron chi connectivity index (χ3n) is 4.36. The van der Waals surface area contributed by atoms with Crippen molar-refractivity contribution in [3.8, 4) is 5.69 Å². The second kappa shape index (κ2) is 8.05. The molecule has 0 bridgehead atoms. The Kier molecular flexibility index (Phi) is 5.53. The van der Waals surface area contributed by atoms with Crippen LogP contribution in [0.1, 0.15) is 36.1 Å². The number of aliphatic imine (C=N–C) groups is 1. The van der Waals surface area contributed by atoms with Gasteiger partial charge >= 0.3 is 0 Å². The van der Waals surface area contributed by atoms with Gasteiger partial charge in [0.25, 0.3) is 0 Å². The average molecular weight is 417 g/mol. The van der Waals surface area contributed by atoms with Crippen LogP contribution in [-0.4, -0.2) is 26.2 Å². The summed E-state index contributed by atoms with van der Waals surface area (Å²) in [7, 11) is 0. The van der Waals surface area contributed by atoms with Crippen LogP contribution in [0.3, 0.4) is 0 Å². The van der Waals surface area contributed by atoms with Crippen LogP contribution in [0.2, 0.25) is 5.02 Å². The first-order valence-electron chi connectivity index (χ1n) is 8.79. The zero-order valence-corrected chi connectivity index (χ0v) is 17.2. The van der Waals surface area contributed by atoms with E-state index in [-0.39, 0.29) is 0 Å². The Balaban J connectivity index is 1.93. The minimum atomic E-state index is 0.292. The van der Waals surface area contributed by atoms with Crippen molar-refractivity contribution in [1.29, 1.82) is 0 Å². The molecular formula is C20H18Cl2N4S. The van der Waals surface area contributed by atoms with Gasteiger partial charge < -0.3 is 0 Å². The highest BCUT2D eigenvalue weighted by Gasteiger charge is 2.24. The summed E-state index contributed by atoms with van der Waals surface area (Å²) < 4.78 is 2.03. The molecule has 138 valence electrons. The van der Waals surface area contributed by atoms with Crippen LogP contribution in [0, 0.1) is 0 Å². The molecule has 0 saturated carbocycles. The quantitative estimate of drug-likeness (QED) is 0.406. The van der Waals surface area contributed by atoms with Crippen LogP contribution in [-0.2, 0) is 12.4 Å². The minimum absolute atomic E-state index is 0.292. The van der Waals surface area contributed by atoms with Crippen LogP contribution >= 0.6 is 35.0 Å². The normalized spacial score (nSPS) is 12.9. The summed E-state index contributed by atoms with van der Waals surface area (Å²) >= 11 is 14.5. The Bertz CT molecular complexity index is 1010. The monoisotopic (exact) mass is 416 g/mol. The lowest BCUT2D eigenvalue weighted by Gasteiger charge is -2.15. The molecule has 1 aliphatic rings. The molecule has 0 fully saturated rings. The van der Waals surface area contributed by atoms with Gasteiger partial charge in [0.1, 0.15) is 6.54 Å². The maximum absolute atomic E-state index is 6.48. The first kappa shape index (κ1) is 18.5. The zero-order chi connectivity index (χ0) is 18.8. The van der Waals surface area contributed by atoms with E-state index in [0.29, 0.717) is 17.4 Å². The summed E-state index contributed by atoms with van der Waals surface area (Å²) in [5.74, 6) is 2.87. The molecule has 1 aromatic heterocycles. The Morgan fingerprint density at radius 2 is 1.96 bits per heavy atom. The number of alkyl halides is 1. The number of nitrogens with zero attached hydrogens (tertiary/aromatic N) is 4. The summed E-state index contributed by atoms with van der Waals surface area (Å²) in [6.07, 6.45) is 1.12. The summed E-state index contributed by atoms with van der Waals surface area (Å²) in [5.41, 5.74) is 3.80. The van der Waals surface area contributed by atoms with Gasteiger partial charge in [-0.05, 0) is 36.4 Å². The van der Waals surface area contributed by atoms with Crippen molar-refractivity contribution in [2.75, 3.05) is 5.75 Å². The molecule has 27 heavy (non-hydrogen) atoms. The van der Waals surface area contributed by atoms with Gasteiger partial charge in [-0.2, -0.15) is 0 Å². The van der Waals surface area contributed by atoms with Crippen molar-refractivity contribution < 1.29 is 0 Å². The lowest BCUT2D eigenvalue weighted by Crippen LogP contribution is -2.09. The van der Waals surface area contributed by atoms with E-state index < -0.39 is 0 Å². The first-order chi connectivity index (χ1) is 13.2. The number of rotatable bonds is 5. The topological polar surface area (TPSA) is 43.1 Å². The van der Waals surface area contributed by atoms with Crippen molar-refractivity contribution in [2.24, 2.45) is 4.99 Å². The van der Waals surface area contributed by atoms with E-state index in [2.05, 4.69) is 35.3 Å². The van der Waals surface area contributed by atoms with Gasteiger partial charge in [0, 0.05) is 21.0 Å². The van der Waals surface area contributed by atoms with Crippen LogP contribution < -0.4 is 0 Å². The van der Waals surface area contributed by atoms with Crippen molar-refractivity contribution in [1.82, 2.24) is 14.8 Å². The summed E-state index contributed by atoms with van der Waals surface area (Å²) in [4.78, 5) is 6.04. The largest absolute Gasteiger partial charge is 0.280 e. The lowest BCUT2D eigenvalue weighted by molar-refractivity contribution is 0.857. The fourth-order valence-corrected chi connectivity index (χ4v) is 4.34. The molecule has 2 aromatic carbocycles. The van der Waals surface area contributed by atoms with Gasteiger partial charge in [-0.15, -0.1) is 33.6 Å². The maximum Gasteiger partial charge on any atom is 0.159 e. The molecule has 0 spiro atoms. The number of aromatic nitrogens is 3. The molecule has 4 rings (SSSR count). The molecule has 1 aliphatic heterocycles. The third-order valence-corrected chi connectivity index (χ3v) is 6.13. The number of halogens is 2. The molecule has 4 nitrogen and oxygen atoms in total. The standard InChI is InChI=1S/C20H18Cl2N4S/c1-2-9-27-13-7-8-15-17(10-13)26-18(11-21)24-25-19(26)12-23-20(15)14-5-3-4-6-16(14)22/h3-8,10H,2,9,11-12H2,1H3. The van der Waals surface area contributed by atoms with Gasteiger partial charge in [0.15, 0.2) is 11.6 Å². The van der Waals surface area contributed by atoms with Gasteiger partial charge in [-0.25, -0.2) is 0 Å². The molecule has 0 atom stereocenters. The fraction of sp³-hybridized carbons (Fsp3) is 0.250. The summed E-state index contributed by atoms with van der Waals surface area (Å²) in [5, 5.41) is 9.24. The minimum Gasteiger partial charge on any atom is -0.280 e. The molecule has 0 radical (unpaired) electrons. The van der Waals surface area contributed by atoms with Crippen molar-refractivity contribution >= 4 is 40.7 Å². The Hall–Kier alpha value is -1.82. The second-order valence-corrected chi connectivity index (χ2v) is 8.02. The SMILES string of the molecule is CCCSc1ccc2c(c1)-n1c(CCl)nnc1CN=C2c1ccccc1Cl. The highest BCUT2D eigenvalue weighted by atomic mass is 35.5. The predicted molar refractivity (Wildman–Crippen MR) is 113 cm³/mol. The lowest BCUT2D eigenvalue weighted by atomic mass is 10.0. The van der Waals surface area contributed by atoms with E-state index in [9.17, 15) is 0 Å². The van der Waals surface area contributed by atoms with Crippen LogP contribution in [0.25, 0.3) is 5.69 Å². The van der Waals surface area contributed by atoms with Crippen molar-refractivity contribution in [3.05, 3.63) is 70.3 Å². The van der Waals surface area contributed by atoms with E-state index in [1.807, 2.05) is 40.6 Å². The fourth-order valence-electron chi connectivity index (χ4n) is 3.15. The van der Waals surface area contributed by atoms with Gasteiger partial charge in [-0.1, -0.05) is 36.7 Å². The zero-order valence-electron chi connectivity index (χ0n) is 14.8. The Morgan fingerprint density at radius 1 is 1.11 bits per heavy atom. The van der Waals surface area contributed by atoms with Gasteiger partial charge in [-0.3, -0.25) is 9.56 Å². The molecular weight excluding hydrogens is 399 g/mol. The number of fused-ring (bicyclic) bond motifs is 3. The molecule has 0 N–H and O–H groups in total. The van der Waals surface area contributed by atoms with E-state index in [1.165, 1.54) is 4.90 Å². The molecule has 3 aromatic rings. The predicted octanol–water partition coefficient (Wildman–Crippen LogP) is 5.51. The molecule has 0 saturated heterocycles. The molecule has 0 unspecified atom stereocenters. The van der Waals surface area contributed by atoms with Gasteiger partial charge in [0.05, 0.1) is 17.3 Å². The maximum atomic E-state index is 6.48. The van der Waals surface area contributed by atoms with E-state index in [4.69, 9.17) is 28.2 Å². The number of hydrogen-bond acceptors (Lipinski definition) is 4. The molecule has 0 aliphatic carbocycles. The summed E-state index contributed by atoms with van der Waals surface area (Å²) in [6, 6.07) is 14.2. The average Bonchev–Trinajstić information content (AvgIpc) is 3.04. The van der Waals surface area contributed by atoms with Crippen molar-refractivity contribution in [2.45, 2.75) is 30.7 Å². The van der Waals surface area contributed by atoms with Crippen LogP contribution in [0.4, 0.5) is 0 Å².